The number of fused-ring (bicyclic) bond motifs is 2. The van der Waals surface area contributed by atoms with Gasteiger partial charge in [-0.1, -0.05) is 42.5 Å². The van der Waals surface area contributed by atoms with Crippen LogP contribution in [0.1, 0.15) is 34.1 Å². The molecule has 1 fully saturated rings. The Bertz CT molecular complexity index is 1380. The molecule has 32 heavy (non-hydrogen) atoms. The fraction of sp³-hybridized carbons (Fsp3) is 0.200. The number of para-hydroxylation sites is 1. The van der Waals surface area contributed by atoms with Crippen LogP contribution in [0, 0.1) is 0 Å². The van der Waals surface area contributed by atoms with Crippen LogP contribution in [0.3, 0.4) is 0 Å². The lowest BCUT2D eigenvalue weighted by Gasteiger charge is -2.30. The van der Waals surface area contributed by atoms with Crippen LogP contribution >= 0.6 is 11.3 Å². The van der Waals surface area contributed by atoms with E-state index in [4.69, 9.17) is 4.98 Å². The number of nitrogens with zero attached hydrogens (tertiary/aromatic N) is 5. The highest BCUT2D eigenvalue weighted by atomic mass is 32.1. The molecule has 4 heterocycles. The van der Waals surface area contributed by atoms with E-state index in [1.54, 1.807) is 28.2 Å². The van der Waals surface area contributed by atoms with E-state index in [0.29, 0.717) is 17.1 Å². The number of aromatic nitrogens is 4. The minimum absolute atomic E-state index is 0.000427. The summed E-state index contributed by atoms with van der Waals surface area (Å²) in [4.78, 5) is 24.6. The highest BCUT2D eigenvalue weighted by molar-refractivity contribution is 7.18. The van der Waals surface area contributed by atoms with Gasteiger partial charge >= 0.3 is 0 Å². The van der Waals surface area contributed by atoms with Gasteiger partial charge < -0.3 is 4.90 Å². The van der Waals surface area contributed by atoms with E-state index >= 15 is 0 Å². The number of amides is 1. The molecule has 1 amide bonds. The molecule has 0 radical (unpaired) electrons. The maximum Gasteiger partial charge on any atom is 0.259 e. The molecule has 1 aliphatic heterocycles. The Morgan fingerprint density at radius 3 is 2.56 bits per heavy atom. The van der Waals surface area contributed by atoms with Gasteiger partial charge in [0.1, 0.15) is 5.56 Å². The SMILES string of the molecule is O=C(c1cnn2c(-c3ccccc3)ccnc12)N1CCC(c2nc3ccccc3s2)CC1. The number of piperidine rings is 1. The minimum atomic E-state index is 0.000427. The summed E-state index contributed by atoms with van der Waals surface area (Å²) in [7, 11) is 0. The van der Waals surface area contributed by atoms with E-state index < -0.39 is 0 Å². The lowest BCUT2D eigenvalue weighted by molar-refractivity contribution is 0.0714. The lowest BCUT2D eigenvalue weighted by Crippen LogP contribution is -2.37. The van der Waals surface area contributed by atoms with Crippen molar-refractivity contribution < 1.29 is 4.79 Å². The monoisotopic (exact) mass is 439 g/mol. The Kier molecular flexibility index (Phi) is 4.69. The largest absolute Gasteiger partial charge is 0.338 e. The Labute approximate surface area is 189 Å². The van der Waals surface area contributed by atoms with Gasteiger partial charge in [-0.3, -0.25) is 4.79 Å². The van der Waals surface area contributed by atoms with Crippen LogP contribution in [0.5, 0.6) is 0 Å². The van der Waals surface area contributed by atoms with Crippen molar-refractivity contribution in [2.75, 3.05) is 13.1 Å². The van der Waals surface area contributed by atoms with Crippen molar-refractivity contribution in [1.29, 1.82) is 0 Å². The normalized spacial score (nSPS) is 14.9. The van der Waals surface area contributed by atoms with E-state index in [0.717, 1.165) is 42.7 Å². The van der Waals surface area contributed by atoms with Gasteiger partial charge in [0.2, 0.25) is 0 Å². The summed E-state index contributed by atoms with van der Waals surface area (Å²) in [6.45, 7) is 1.43. The molecule has 158 valence electrons. The highest BCUT2D eigenvalue weighted by Crippen LogP contribution is 2.34. The topological polar surface area (TPSA) is 63.4 Å². The molecule has 3 aromatic heterocycles. The summed E-state index contributed by atoms with van der Waals surface area (Å²) < 4.78 is 2.99. The molecule has 0 unspecified atom stereocenters. The molecule has 5 aromatic rings. The molecule has 2 aromatic carbocycles. The third-order valence-corrected chi connectivity index (χ3v) is 7.34. The Balaban J connectivity index is 1.23. The van der Waals surface area contributed by atoms with Gasteiger partial charge in [-0.25, -0.2) is 14.5 Å². The molecule has 0 aliphatic carbocycles. The summed E-state index contributed by atoms with van der Waals surface area (Å²) in [5, 5.41) is 5.68. The first-order valence-electron chi connectivity index (χ1n) is 10.8. The van der Waals surface area contributed by atoms with Crippen LogP contribution < -0.4 is 0 Å². The molecular weight excluding hydrogens is 418 g/mol. The number of likely N-dealkylation sites (tertiary alicyclic amines) is 1. The number of carbonyl (C=O) groups is 1. The Morgan fingerprint density at radius 1 is 0.969 bits per heavy atom. The molecule has 6 nitrogen and oxygen atoms in total. The number of benzene rings is 2. The Morgan fingerprint density at radius 2 is 1.75 bits per heavy atom. The first-order valence-corrected chi connectivity index (χ1v) is 11.6. The highest BCUT2D eigenvalue weighted by Gasteiger charge is 2.28. The molecule has 0 atom stereocenters. The van der Waals surface area contributed by atoms with E-state index in [1.807, 2.05) is 47.4 Å². The lowest BCUT2D eigenvalue weighted by atomic mass is 9.97. The van der Waals surface area contributed by atoms with Crippen molar-refractivity contribution in [2.45, 2.75) is 18.8 Å². The second-order valence-electron chi connectivity index (χ2n) is 8.08. The molecule has 0 bridgehead atoms. The summed E-state index contributed by atoms with van der Waals surface area (Å²) >= 11 is 1.77. The maximum absolute atomic E-state index is 13.3. The molecule has 0 N–H and O–H groups in total. The second-order valence-corrected chi connectivity index (χ2v) is 9.14. The fourth-order valence-corrected chi connectivity index (χ4v) is 5.57. The standard InChI is InChI=1S/C25H21N5OS/c31-25(19-16-27-30-21(10-13-26-23(19)30)17-6-2-1-3-7-17)29-14-11-18(12-15-29)24-28-20-8-4-5-9-22(20)32-24/h1-10,13,16,18H,11-12,14-15H2. The van der Waals surface area contributed by atoms with Gasteiger partial charge in [-0.15, -0.1) is 11.3 Å². The number of hydrogen-bond donors (Lipinski definition) is 0. The quantitative estimate of drug-likeness (QED) is 0.396. The third-order valence-electron chi connectivity index (χ3n) is 6.14. The summed E-state index contributed by atoms with van der Waals surface area (Å²) in [6.07, 6.45) is 5.24. The van der Waals surface area contributed by atoms with Crippen LogP contribution in [0.4, 0.5) is 0 Å². The average molecular weight is 440 g/mol. The second kappa shape index (κ2) is 7.84. The number of rotatable bonds is 3. The Hall–Kier alpha value is -3.58. The zero-order chi connectivity index (χ0) is 21.5. The number of carbonyl (C=O) groups excluding carboxylic acids is 1. The van der Waals surface area contributed by atoms with Crippen molar-refractivity contribution in [2.24, 2.45) is 0 Å². The van der Waals surface area contributed by atoms with E-state index in [1.165, 1.54) is 9.71 Å². The molecule has 0 spiro atoms. The average Bonchev–Trinajstić information content (AvgIpc) is 3.49. The van der Waals surface area contributed by atoms with Crippen LogP contribution in [0.25, 0.3) is 27.1 Å². The third kappa shape index (κ3) is 3.26. The number of thiazole rings is 1. The zero-order valence-corrected chi connectivity index (χ0v) is 18.2. The molecule has 1 aliphatic rings. The van der Waals surface area contributed by atoms with Gasteiger partial charge in [0.05, 0.1) is 27.1 Å². The van der Waals surface area contributed by atoms with Gasteiger partial charge in [0.15, 0.2) is 5.65 Å². The first-order chi connectivity index (χ1) is 15.8. The first kappa shape index (κ1) is 19.1. The molecule has 0 saturated carbocycles. The van der Waals surface area contributed by atoms with Crippen molar-refractivity contribution in [3.8, 4) is 11.3 Å². The predicted octanol–water partition coefficient (Wildman–Crippen LogP) is 5.03. The van der Waals surface area contributed by atoms with Crippen LogP contribution in [-0.4, -0.2) is 43.5 Å². The van der Waals surface area contributed by atoms with Crippen molar-refractivity contribution in [3.63, 3.8) is 0 Å². The molecule has 6 rings (SSSR count). The van der Waals surface area contributed by atoms with Crippen molar-refractivity contribution in [3.05, 3.63) is 83.6 Å². The van der Waals surface area contributed by atoms with Gasteiger partial charge in [-0.05, 0) is 31.0 Å². The fourth-order valence-electron chi connectivity index (χ4n) is 4.43. The number of hydrogen-bond acceptors (Lipinski definition) is 5. The summed E-state index contributed by atoms with van der Waals surface area (Å²) in [5.74, 6) is 0.406. The molecule has 1 saturated heterocycles. The minimum Gasteiger partial charge on any atom is -0.338 e. The van der Waals surface area contributed by atoms with E-state index in [2.05, 4.69) is 28.3 Å². The summed E-state index contributed by atoms with van der Waals surface area (Å²) in [5.41, 5.74) is 4.19. The molecular formula is C25H21N5OS. The van der Waals surface area contributed by atoms with E-state index in [-0.39, 0.29) is 5.91 Å². The van der Waals surface area contributed by atoms with Crippen LogP contribution in [0.2, 0.25) is 0 Å². The van der Waals surface area contributed by atoms with Crippen LogP contribution in [-0.2, 0) is 0 Å². The zero-order valence-electron chi connectivity index (χ0n) is 17.4. The van der Waals surface area contributed by atoms with Crippen molar-refractivity contribution in [1.82, 2.24) is 24.5 Å². The summed E-state index contributed by atoms with van der Waals surface area (Å²) in [6, 6.07) is 20.2. The smallest absolute Gasteiger partial charge is 0.259 e. The van der Waals surface area contributed by atoms with E-state index in [9.17, 15) is 4.79 Å². The van der Waals surface area contributed by atoms with Gasteiger partial charge in [0.25, 0.3) is 5.91 Å². The van der Waals surface area contributed by atoms with Gasteiger partial charge in [0, 0.05) is 30.8 Å². The predicted molar refractivity (Wildman–Crippen MR) is 126 cm³/mol. The molecule has 7 heteroatoms. The van der Waals surface area contributed by atoms with Crippen LogP contribution in [0.15, 0.2) is 73.1 Å². The van der Waals surface area contributed by atoms with Crippen molar-refractivity contribution >= 4 is 33.1 Å². The van der Waals surface area contributed by atoms with Gasteiger partial charge in [-0.2, -0.15) is 5.10 Å². The maximum atomic E-state index is 13.3.